The number of likely N-dealkylation sites (N-methyl/N-ethyl adjacent to an activating group) is 1. The molecule has 0 N–H and O–H groups in total. The van der Waals surface area contributed by atoms with E-state index in [1.807, 2.05) is 6.08 Å². The summed E-state index contributed by atoms with van der Waals surface area (Å²) in [5, 5.41) is 9.60. The predicted molar refractivity (Wildman–Crippen MR) is 130 cm³/mol. The largest absolute Gasteiger partial charge is 0.355 e. The normalized spacial score (nSPS) is 19.1. The number of thioether (sulfide) groups is 1. The fourth-order valence-corrected chi connectivity index (χ4v) is 5.11. The minimum absolute atomic E-state index is 0.105. The molecule has 0 radical (unpaired) electrons. The van der Waals surface area contributed by atoms with Gasteiger partial charge in [-0.3, -0.25) is 19.1 Å². The highest BCUT2D eigenvalue weighted by atomic mass is 32.2. The molecule has 166 valence electrons. The topological polar surface area (TPSA) is 72.6 Å². The van der Waals surface area contributed by atoms with Crippen LogP contribution in [0.15, 0.2) is 9.70 Å². The van der Waals surface area contributed by atoms with Crippen molar-refractivity contribution in [2.75, 3.05) is 44.7 Å². The van der Waals surface area contributed by atoms with Crippen LogP contribution in [0.5, 0.6) is 0 Å². The number of piperazine rings is 1. The summed E-state index contributed by atoms with van der Waals surface area (Å²) in [5.41, 5.74) is 1.15. The van der Waals surface area contributed by atoms with Crippen LogP contribution in [0.1, 0.15) is 37.0 Å². The van der Waals surface area contributed by atoms with E-state index in [1.165, 1.54) is 11.8 Å². The summed E-state index contributed by atoms with van der Waals surface area (Å²) in [4.78, 5) is 32.5. The first-order valence-corrected chi connectivity index (χ1v) is 11.7. The maximum Gasteiger partial charge on any atom is 0.270 e. The first-order valence-electron chi connectivity index (χ1n) is 10.5. The molecule has 2 aliphatic heterocycles. The second-order valence-electron chi connectivity index (χ2n) is 8.52. The lowest BCUT2D eigenvalue weighted by atomic mass is 10.0. The zero-order valence-corrected chi connectivity index (χ0v) is 20.4. The van der Waals surface area contributed by atoms with Crippen molar-refractivity contribution >= 4 is 46.1 Å². The Hall–Kier alpha value is -2.15. The number of amides is 1. The number of aromatic nitrogens is 1. The minimum atomic E-state index is -0.310. The van der Waals surface area contributed by atoms with Gasteiger partial charge >= 0.3 is 0 Å². The van der Waals surface area contributed by atoms with E-state index >= 15 is 0 Å². The van der Waals surface area contributed by atoms with Crippen LogP contribution in [-0.4, -0.2) is 64.4 Å². The van der Waals surface area contributed by atoms with E-state index in [2.05, 4.69) is 36.8 Å². The number of pyridine rings is 1. The number of carbonyl (C=O) groups excluding carboxylic acids is 1. The summed E-state index contributed by atoms with van der Waals surface area (Å²) in [6.45, 7) is 9.91. The van der Waals surface area contributed by atoms with Crippen LogP contribution in [0.3, 0.4) is 0 Å². The number of carbonyl (C=O) groups is 1. The minimum Gasteiger partial charge on any atom is -0.355 e. The number of hydrogen-bond acceptors (Lipinski definition) is 7. The molecule has 0 unspecified atom stereocenters. The summed E-state index contributed by atoms with van der Waals surface area (Å²) in [7, 11) is 3.77. The van der Waals surface area contributed by atoms with Gasteiger partial charge in [-0.05, 0) is 37.9 Å². The van der Waals surface area contributed by atoms with Crippen molar-refractivity contribution in [3.05, 3.63) is 31.9 Å². The quantitative estimate of drug-likeness (QED) is 0.495. The van der Waals surface area contributed by atoms with Crippen molar-refractivity contribution in [1.29, 1.82) is 5.26 Å². The molecule has 0 aromatic carbocycles. The standard InChI is InChI=1S/C22H29N5O2S2/c1-14(2)6-7-27-21(29)18(31-22(27)30)12-16-15(3)17(13-23)20(28)25(5)19(16)26-10-8-24(4)9-11-26/h12,14H,6-11H2,1-5H3/b18-12+. The number of rotatable bonds is 5. The van der Waals surface area contributed by atoms with Crippen LogP contribution in [0, 0.1) is 24.2 Å². The van der Waals surface area contributed by atoms with Crippen molar-refractivity contribution in [3.63, 3.8) is 0 Å². The van der Waals surface area contributed by atoms with Crippen molar-refractivity contribution in [2.24, 2.45) is 13.0 Å². The van der Waals surface area contributed by atoms with Gasteiger partial charge in [-0.25, -0.2) is 0 Å². The van der Waals surface area contributed by atoms with Gasteiger partial charge in [0.1, 0.15) is 21.8 Å². The lowest BCUT2D eigenvalue weighted by Crippen LogP contribution is -2.46. The van der Waals surface area contributed by atoms with Gasteiger partial charge in [0.05, 0.1) is 4.91 Å². The van der Waals surface area contributed by atoms with E-state index in [1.54, 1.807) is 23.4 Å². The molecule has 3 rings (SSSR count). The molecule has 0 atom stereocenters. The first kappa shape index (κ1) is 23.5. The summed E-state index contributed by atoms with van der Waals surface area (Å²) < 4.78 is 2.10. The SMILES string of the molecule is Cc1c(/C=C2/SC(=S)N(CCC(C)C)C2=O)c(N2CCN(C)CC2)n(C)c(=O)c1C#N. The predicted octanol–water partition coefficient (Wildman–Crippen LogP) is 2.56. The number of nitrogens with zero attached hydrogens (tertiary/aromatic N) is 5. The van der Waals surface area contributed by atoms with E-state index in [0.29, 0.717) is 27.3 Å². The fourth-order valence-electron chi connectivity index (χ4n) is 3.82. The lowest BCUT2D eigenvalue weighted by Gasteiger charge is -2.36. The van der Waals surface area contributed by atoms with E-state index in [-0.39, 0.29) is 17.0 Å². The van der Waals surface area contributed by atoms with E-state index in [0.717, 1.165) is 44.0 Å². The van der Waals surface area contributed by atoms with Gasteiger partial charge < -0.3 is 9.80 Å². The monoisotopic (exact) mass is 459 g/mol. The van der Waals surface area contributed by atoms with Gasteiger partial charge in [0.2, 0.25) is 0 Å². The molecule has 9 heteroatoms. The van der Waals surface area contributed by atoms with E-state index < -0.39 is 0 Å². The summed E-state index contributed by atoms with van der Waals surface area (Å²) in [6.07, 6.45) is 2.70. The summed E-state index contributed by atoms with van der Waals surface area (Å²) >= 11 is 6.75. The smallest absolute Gasteiger partial charge is 0.270 e. The van der Waals surface area contributed by atoms with Crippen LogP contribution >= 0.6 is 24.0 Å². The zero-order chi connectivity index (χ0) is 22.9. The highest BCUT2D eigenvalue weighted by molar-refractivity contribution is 8.26. The maximum absolute atomic E-state index is 13.1. The average molecular weight is 460 g/mol. The van der Waals surface area contributed by atoms with Crippen LogP contribution in [-0.2, 0) is 11.8 Å². The molecule has 0 saturated carbocycles. The highest BCUT2D eigenvalue weighted by Crippen LogP contribution is 2.36. The van der Waals surface area contributed by atoms with Gasteiger partial charge in [0, 0.05) is 45.3 Å². The van der Waals surface area contributed by atoms with Crippen molar-refractivity contribution in [1.82, 2.24) is 14.4 Å². The third kappa shape index (κ3) is 4.71. The molecular weight excluding hydrogens is 430 g/mol. The third-order valence-electron chi connectivity index (χ3n) is 5.85. The number of thiocarbonyl (C=S) groups is 1. The molecule has 0 aliphatic carbocycles. The van der Waals surface area contributed by atoms with Gasteiger partial charge in [0.25, 0.3) is 11.5 Å². The second-order valence-corrected chi connectivity index (χ2v) is 10.2. The molecule has 31 heavy (non-hydrogen) atoms. The molecule has 1 amide bonds. The molecule has 0 spiro atoms. The highest BCUT2D eigenvalue weighted by Gasteiger charge is 2.33. The Morgan fingerprint density at radius 3 is 2.42 bits per heavy atom. The Morgan fingerprint density at radius 1 is 1.19 bits per heavy atom. The van der Waals surface area contributed by atoms with E-state index in [4.69, 9.17) is 12.2 Å². The summed E-state index contributed by atoms with van der Waals surface area (Å²) in [6, 6.07) is 2.05. The molecule has 0 bridgehead atoms. The second kappa shape index (κ2) is 9.55. The number of anilines is 1. The van der Waals surface area contributed by atoms with Gasteiger partial charge in [-0.2, -0.15) is 5.26 Å². The Balaban J connectivity index is 2.09. The molecule has 1 aromatic heterocycles. The fraction of sp³-hybridized carbons (Fsp3) is 0.545. The van der Waals surface area contributed by atoms with Gasteiger partial charge in [0.15, 0.2) is 0 Å². The third-order valence-corrected chi connectivity index (χ3v) is 7.23. The Labute approximate surface area is 193 Å². The first-order chi connectivity index (χ1) is 14.6. The zero-order valence-electron chi connectivity index (χ0n) is 18.8. The molecule has 2 aliphatic rings. The van der Waals surface area contributed by atoms with Crippen LogP contribution in [0.2, 0.25) is 0 Å². The molecule has 7 nitrogen and oxygen atoms in total. The molecule has 3 heterocycles. The van der Waals surface area contributed by atoms with Crippen LogP contribution in [0.4, 0.5) is 5.82 Å². The van der Waals surface area contributed by atoms with Crippen molar-refractivity contribution in [2.45, 2.75) is 27.2 Å². The summed E-state index contributed by atoms with van der Waals surface area (Å²) in [5.74, 6) is 1.12. The van der Waals surface area contributed by atoms with Crippen molar-refractivity contribution in [3.8, 4) is 6.07 Å². The van der Waals surface area contributed by atoms with Gasteiger partial charge in [-0.15, -0.1) is 0 Å². The van der Waals surface area contributed by atoms with E-state index in [9.17, 15) is 14.9 Å². The Bertz CT molecular complexity index is 1030. The van der Waals surface area contributed by atoms with Crippen LogP contribution < -0.4 is 10.5 Å². The number of hydrogen-bond donors (Lipinski definition) is 0. The van der Waals surface area contributed by atoms with Crippen LogP contribution in [0.25, 0.3) is 6.08 Å². The Kier molecular flexibility index (Phi) is 7.24. The Morgan fingerprint density at radius 2 is 1.84 bits per heavy atom. The lowest BCUT2D eigenvalue weighted by molar-refractivity contribution is -0.122. The molecular formula is C22H29N5O2S2. The number of nitriles is 1. The maximum atomic E-state index is 13.1. The molecule has 2 saturated heterocycles. The van der Waals surface area contributed by atoms with Crippen molar-refractivity contribution < 1.29 is 4.79 Å². The average Bonchev–Trinajstić information content (AvgIpc) is 2.99. The molecule has 2 fully saturated rings. The van der Waals surface area contributed by atoms with Gasteiger partial charge in [-0.1, -0.05) is 37.8 Å². The molecule has 1 aromatic rings.